The van der Waals surface area contributed by atoms with Crippen molar-refractivity contribution in [3.05, 3.63) is 54.4 Å². The SMILES string of the molecule is c1ccc2cc(-n3cc(CCN4CCSCC4)nn3)ccc2c1. The summed E-state index contributed by atoms with van der Waals surface area (Å²) < 4.78 is 1.88. The van der Waals surface area contributed by atoms with E-state index in [1.807, 2.05) is 16.4 Å². The van der Waals surface area contributed by atoms with Gasteiger partial charge in [0.2, 0.25) is 0 Å². The first-order valence-electron chi connectivity index (χ1n) is 8.09. The Bertz CT molecular complexity index is 792. The molecule has 0 bridgehead atoms. The first kappa shape index (κ1) is 14.7. The third kappa shape index (κ3) is 3.41. The molecule has 2 aromatic carbocycles. The van der Waals surface area contributed by atoms with Crippen molar-refractivity contribution >= 4 is 22.5 Å². The molecule has 0 radical (unpaired) electrons. The summed E-state index contributed by atoms with van der Waals surface area (Å²) in [5.41, 5.74) is 2.13. The van der Waals surface area contributed by atoms with Gasteiger partial charge < -0.3 is 4.90 Å². The van der Waals surface area contributed by atoms with Crippen LogP contribution in [0.1, 0.15) is 5.69 Å². The monoisotopic (exact) mass is 324 g/mol. The molecule has 0 spiro atoms. The number of hydrogen-bond acceptors (Lipinski definition) is 4. The molecule has 1 fully saturated rings. The van der Waals surface area contributed by atoms with Crippen LogP contribution in [0.5, 0.6) is 0 Å². The molecule has 0 unspecified atom stereocenters. The lowest BCUT2D eigenvalue weighted by Crippen LogP contribution is -2.34. The van der Waals surface area contributed by atoms with E-state index >= 15 is 0 Å². The van der Waals surface area contributed by atoms with E-state index in [2.05, 4.69) is 63.9 Å². The van der Waals surface area contributed by atoms with Gasteiger partial charge >= 0.3 is 0 Å². The standard InChI is InChI=1S/C18H20N4S/c1-2-4-16-13-18(6-5-15(16)3-1)22-14-17(19-20-22)7-8-21-9-11-23-12-10-21/h1-6,13-14H,7-12H2. The van der Waals surface area contributed by atoms with Gasteiger partial charge in [0.05, 0.1) is 17.6 Å². The van der Waals surface area contributed by atoms with Gasteiger partial charge in [0, 0.05) is 37.6 Å². The summed E-state index contributed by atoms with van der Waals surface area (Å²) in [6.45, 7) is 3.48. The zero-order valence-electron chi connectivity index (χ0n) is 13.1. The van der Waals surface area contributed by atoms with Crippen LogP contribution in [0.15, 0.2) is 48.7 Å². The van der Waals surface area contributed by atoms with E-state index in [1.165, 1.54) is 35.4 Å². The molecule has 0 aliphatic carbocycles. The second-order valence-electron chi connectivity index (χ2n) is 5.89. The first-order chi connectivity index (χ1) is 11.4. The lowest BCUT2D eigenvalue weighted by Gasteiger charge is -2.25. The smallest absolute Gasteiger partial charge is 0.0844 e. The number of aromatic nitrogens is 3. The second kappa shape index (κ2) is 6.72. The molecule has 1 aliphatic heterocycles. The van der Waals surface area contributed by atoms with Crippen molar-refractivity contribution in [1.82, 2.24) is 19.9 Å². The fourth-order valence-electron chi connectivity index (χ4n) is 2.96. The fourth-order valence-corrected chi connectivity index (χ4v) is 3.93. The third-order valence-electron chi connectivity index (χ3n) is 4.33. The van der Waals surface area contributed by atoms with Crippen molar-refractivity contribution in [2.75, 3.05) is 31.1 Å². The molecule has 5 heteroatoms. The van der Waals surface area contributed by atoms with Crippen molar-refractivity contribution < 1.29 is 0 Å². The van der Waals surface area contributed by atoms with Gasteiger partial charge in [-0.1, -0.05) is 35.5 Å². The highest BCUT2D eigenvalue weighted by Crippen LogP contribution is 2.18. The number of benzene rings is 2. The zero-order valence-corrected chi connectivity index (χ0v) is 13.9. The summed E-state index contributed by atoms with van der Waals surface area (Å²) in [5.74, 6) is 2.51. The van der Waals surface area contributed by atoms with E-state index in [9.17, 15) is 0 Å². The highest BCUT2D eigenvalue weighted by molar-refractivity contribution is 7.99. The average molecular weight is 324 g/mol. The summed E-state index contributed by atoms with van der Waals surface area (Å²) in [5, 5.41) is 11.1. The molecule has 2 heterocycles. The van der Waals surface area contributed by atoms with Crippen LogP contribution in [0.3, 0.4) is 0 Å². The maximum atomic E-state index is 4.34. The van der Waals surface area contributed by atoms with Crippen molar-refractivity contribution in [1.29, 1.82) is 0 Å². The molecule has 1 aliphatic rings. The van der Waals surface area contributed by atoms with Crippen LogP contribution in [0.2, 0.25) is 0 Å². The van der Waals surface area contributed by atoms with Crippen LogP contribution in [-0.4, -0.2) is 51.0 Å². The summed E-state index contributed by atoms with van der Waals surface area (Å²) in [4.78, 5) is 2.52. The summed E-state index contributed by atoms with van der Waals surface area (Å²) in [7, 11) is 0. The van der Waals surface area contributed by atoms with Crippen LogP contribution in [0.25, 0.3) is 16.5 Å². The maximum absolute atomic E-state index is 4.34. The highest BCUT2D eigenvalue weighted by Gasteiger charge is 2.11. The molecule has 0 amide bonds. The topological polar surface area (TPSA) is 34.0 Å². The van der Waals surface area contributed by atoms with Gasteiger partial charge in [-0.05, 0) is 22.9 Å². The van der Waals surface area contributed by atoms with Crippen LogP contribution >= 0.6 is 11.8 Å². The minimum Gasteiger partial charge on any atom is -0.301 e. The quantitative estimate of drug-likeness (QED) is 0.739. The molecular weight excluding hydrogens is 304 g/mol. The Balaban J connectivity index is 1.47. The van der Waals surface area contributed by atoms with Crippen LogP contribution in [-0.2, 0) is 6.42 Å². The number of hydrogen-bond donors (Lipinski definition) is 0. The number of fused-ring (bicyclic) bond motifs is 1. The molecule has 118 valence electrons. The molecule has 1 aromatic heterocycles. The summed E-state index contributed by atoms with van der Waals surface area (Å²) in [6.07, 6.45) is 3.03. The van der Waals surface area contributed by atoms with Crippen molar-refractivity contribution in [2.24, 2.45) is 0 Å². The summed E-state index contributed by atoms with van der Waals surface area (Å²) in [6, 6.07) is 14.8. The van der Waals surface area contributed by atoms with Gasteiger partial charge in [0.15, 0.2) is 0 Å². The molecule has 0 atom stereocenters. The lowest BCUT2D eigenvalue weighted by atomic mass is 10.1. The first-order valence-corrected chi connectivity index (χ1v) is 9.24. The molecule has 0 N–H and O–H groups in total. The van der Waals surface area contributed by atoms with Gasteiger partial charge in [0.25, 0.3) is 0 Å². The molecule has 4 nitrogen and oxygen atoms in total. The Morgan fingerprint density at radius 2 is 1.83 bits per heavy atom. The lowest BCUT2D eigenvalue weighted by molar-refractivity contribution is 0.305. The fraction of sp³-hybridized carbons (Fsp3) is 0.333. The predicted molar refractivity (Wildman–Crippen MR) is 96.3 cm³/mol. The highest BCUT2D eigenvalue weighted by atomic mass is 32.2. The molecule has 0 saturated carbocycles. The van der Waals surface area contributed by atoms with Gasteiger partial charge in [-0.15, -0.1) is 5.10 Å². The van der Waals surface area contributed by atoms with Crippen LogP contribution in [0, 0.1) is 0 Å². The van der Waals surface area contributed by atoms with Gasteiger partial charge in [-0.2, -0.15) is 11.8 Å². The Labute approximate surface area is 140 Å². The Morgan fingerprint density at radius 3 is 2.70 bits per heavy atom. The predicted octanol–water partition coefficient (Wildman–Crippen LogP) is 3.01. The minimum absolute atomic E-state index is 0.970. The van der Waals surface area contributed by atoms with E-state index in [0.29, 0.717) is 0 Å². The van der Waals surface area contributed by atoms with Gasteiger partial charge in [0.1, 0.15) is 0 Å². The van der Waals surface area contributed by atoms with E-state index in [1.54, 1.807) is 0 Å². The molecule has 1 saturated heterocycles. The van der Waals surface area contributed by atoms with Crippen molar-refractivity contribution in [3.8, 4) is 5.69 Å². The second-order valence-corrected chi connectivity index (χ2v) is 7.11. The Hall–Kier alpha value is -1.85. The Morgan fingerprint density at radius 1 is 1.00 bits per heavy atom. The van der Waals surface area contributed by atoms with Crippen LogP contribution < -0.4 is 0 Å². The third-order valence-corrected chi connectivity index (χ3v) is 5.27. The largest absolute Gasteiger partial charge is 0.301 e. The zero-order chi connectivity index (χ0) is 15.5. The van der Waals surface area contributed by atoms with Gasteiger partial charge in [-0.3, -0.25) is 0 Å². The number of rotatable bonds is 4. The number of thioether (sulfide) groups is 1. The van der Waals surface area contributed by atoms with Crippen molar-refractivity contribution in [3.63, 3.8) is 0 Å². The normalized spacial score (nSPS) is 16.0. The van der Waals surface area contributed by atoms with E-state index < -0.39 is 0 Å². The van der Waals surface area contributed by atoms with E-state index in [4.69, 9.17) is 0 Å². The maximum Gasteiger partial charge on any atom is 0.0844 e. The number of nitrogens with zero attached hydrogens (tertiary/aromatic N) is 4. The summed E-state index contributed by atoms with van der Waals surface area (Å²) >= 11 is 2.05. The minimum atomic E-state index is 0.970. The van der Waals surface area contributed by atoms with Crippen molar-refractivity contribution in [2.45, 2.75) is 6.42 Å². The van der Waals surface area contributed by atoms with Gasteiger partial charge in [-0.25, -0.2) is 4.68 Å². The molecule has 4 rings (SSSR count). The van der Waals surface area contributed by atoms with E-state index in [-0.39, 0.29) is 0 Å². The average Bonchev–Trinajstić information content (AvgIpc) is 3.09. The molecule has 23 heavy (non-hydrogen) atoms. The molecule has 3 aromatic rings. The van der Waals surface area contributed by atoms with E-state index in [0.717, 1.165) is 24.3 Å². The molecular formula is C18H20N4S. The Kier molecular flexibility index (Phi) is 4.30. The van der Waals surface area contributed by atoms with Crippen LogP contribution in [0.4, 0.5) is 0 Å².